The largest absolute Gasteiger partial charge is 0.497 e. The van der Waals surface area contributed by atoms with Crippen molar-refractivity contribution < 1.29 is 14.3 Å². The molecule has 120 valence electrons. The van der Waals surface area contributed by atoms with E-state index in [0.717, 1.165) is 0 Å². The van der Waals surface area contributed by atoms with Gasteiger partial charge < -0.3 is 20.1 Å². The quantitative estimate of drug-likeness (QED) is 0.850. The molecule has 2 N–H and O–H groups in total. The van der Waals surface area contributed by atoms with Crippen molar-refractivity contribution in [3.63, 3.8) is 0 Å². The van der Waals surface area contributed by atoms with Crippen LogP contribution in [0.5, 0.6) is 11.5 Å². The Labute approximate surface area is 138 Å². The van der Waals surface area contributed by atoms with E-state index < -0.39 is 6.04 Å². The van der Waals surface area contributed by atoms with Gasteiger partial charge in [-0.25, -0.2) is 0 Å². The number of benzene rings is 1. The van der Waals surface area contributed by atoms with Crippen LogP contribution in [0, 0.1) is 11.3 Å². The fraction of sp³-hybridized carbons (Fsp3) is 0.250. The summed E-state index contributed by atoms with van der Waals surface area (Å²) in [4.78, 5) is 12.3. The molecule has 23 heavy (non-hydrogen) atoms. The van der Waals surface area contributed by atoms with Gasteiger partial charge in [0.15, 0.2) is 0 Å². The highest BCUT2D eigenvalue weighted by Gasteiger charge is 2.17. The predicted octanol–water partition coefficient (Wildman–Crippen LogP) is 3.08. The molecule has 0 aliphatic carbocycles. The average Bonchev–Trinajstić information content (AvgIpc) is 3.02. The number of ether oxygens (including phenoxy) is 2. The molecule has 0 radical (unpaired) electrons. The van der Waals surface area contributed by atoms with Gasteiger partial charge in [0, 0.05) is 6.07 Å². The Bertz CT molecular complexity index is 736. The van der Waals surface area contributed by atoms with Gasteiger partial charge in [0.2, 0.25) is 5.91 Å². The van der Waals surface area contributed by atoms with E-state index in [9.17, 15) is 4.79 Å². The average molecular weight is 331 g/mol. The first kappa shape index (κ1) is 16.6. The SMILES string of the molecule is COc1ccc(NC(C)C(=O)Nc2sccc2C#N)c(OC)c1. The van der Waals surface area contributed by atoms with E-state index in [1.165, 1.54) is 11.3 Å². The van der Waals surface area contributed by atoms with Crippen molar-refractivity contribution in [1.29, 1.82) is 5.26 Å². The monoisotopic (exact) mass is 331 g/mol. The van der Waals surface area contributed by atoms with Gasteiger partial charge in [0.25, 0.3) is 0 Å². The Hall–Kier alpha value is -2.72. The number of nitriles is 1. The number of thiophene rings is 1. The van der Waals surface area contributed by atoms with Gasteiger partial charge >= 0.3 is 0 Å². The minimum atomic E-state index is -0.508. The van der Waals surface area contributed by atoms with E-state index in [1.807, 2.05) is 6.07 Å². The third-order valence-electron chi connectivity index (χ3n) is 3.20. The van der Waals surface area contributed by atoms with E-state index in [2.05, 4.69) is 10.6 Å². The van der Waals surface area contributed by atoms with Crippen LogP contribution in [0.3, 0.4) is 0 Å². The number of nitrogens with one attached hydrogen (secondary N) is 2. The summed E-state index contributed by atoms with van der Waals surface area (Å²) in [6, 6.07) is 8.51. The van der Waals surface area contributed by atoms with Crippen molar-refractivity contribution in [2.45, 2.75) is 13.0 Å². The van der Waals surface area contributed by atoms with Crippen LogP contribution in [0.25, 0.3) is 0 Å². The minimum Gasteiger partial charge on any atom is -0.497 e. The molecule has 0 aliphatic rings. The topological polar surface area (TPSA) is 83.4 Å². The van der Waals surface area contributed by atoms with Gasteiger partial charge in [-0.15, -0.1) is 11.3 Å². The molecule has 2 rings (SSSR count). The molecule has 0 fully saturated rings. The van der Waals surface area contributed by atoms with Crippen LogP contribution in [0.4, 0.5) is 10.7 Å². The van der Waals surface area contributed by atoms with E-state index in [0.29, 0.717) is 27.8 Å². The molecule has 6 nitrogen and oxygen atoms in total. The van der Waals surface area contributed by atoms with Crippen LogP contribution >= 0.6 is 11.3 Å². The maximum Gasteiger partial charge on any atom is 0.247 e. The van der Waals surface area contributed by atoms with Crippen molar-refractivity contribution in [1.82, 2.24) is 0 Å². The predicted molar refractivity (Wildman–Crippen MR) is 90.3 cm³/mol. The summed E-state index contributed by atoms with van der Waals surface area (Å²) in [5, 5.41) is 17.1. The number of amides is 1. The molecule has 0 bridgehead atoms. The number of carbonyl (C=O) groups is 1. The van der Waals surface area contributed by atoms with Gasteiger partial charge in [-0.05, 0) is 30.5 Å². The molecule has 2 aromatic rings. The lowest BCUT2D eigenvalue weighted by Gasteiger charge is -2.17. The maximum atomic E-state index is 12.3. The first-order valence-corrected chi connectivity index (χ1v) is 7.74. The molecular formula is C16H17N3O3S. The summed E-state index contributed by atoms with van der Waals surface area (Å²) in [6.45, 7) is 1.73. The number of hydrogen-bond donors (Lipinski definition) is 2. The lowest BCUT2D eigenvalue weighted by Crippen LogP contribution is -2.31. The molecule has 0 aliphatic heterocycles. The highest BCUT2D eigenvalue weighted by atomic mass is 32.1. The van der Waals surface area contributed by atoms with Crippen molar-refractivity contribution in [3.05, 3.63) is 35.2 Å². The van der Waals surface area contributed by atoms with Crippen LogP contribution in [0.2, 0.25) is 0 Å². The third kappa shape index (κ3) is 3.93. The van der Waals surface area contributed by atoms with Gasteiger partial charge in [0.05, 0.1) is 25.5 Å². The zero-order valence-corrected chi connectivity index (χ0v) is 13.9. The Morgan fingerprint density at radius 3 is 2.74 bits per heavy atom. The van der Waals surface area contributed by atoms with Gasteiger partial charge in [-0.1, -0.05) is 0 Å². The highest BCUT2D eigenvalue weighted by Crippen LogP contribution is 2.30. The van der Waals surface area contributed by atoms with Crippen LogP contribution in [0.1, 0.15) is 12.5 Å². The highest BCUT2D eigenvalue weighted by molar-refractivity contribution is 7.14. The summed E-state index contributed by atoms with van der Waals surface area (Å²) in [7, 11) is 3.13. The fourth-order valence-corrected chi connectivity index (χ4v) is 2.67. The lowest BCUT2D eigenvalue weighted by atomic mass is 10.2. The molecule has 7 heteroatoms. The van der Waals surface area contributed by atoms with Gasteiger partial charge in [0.1, 0.15) is 28.6 Å². The molecule has 1 aromatic carbocycles. The van der Waals surface area contributed by atoms with E-state index in [4.69, 9.17) is 14.7 Å². The van der Waals surface area contributed by atoms with Crippen LogP contribution in [-0.4, -0.2) is 26.2 Å². The molecule has 0 spiro atoms. The van der Waals surface area contributed by atoms with E-state index >= 15 is 0 Å². The number of anilines is 2. The van der Waals surface area contributed by atoms with Crippen LogP contribution in [0.15, 0.2) is 29.6 Å². The zero-order chi connectivity index (χ0) is 16.8. The normalized spacial score (nSPS) is 11.2. The summed E-state index contributed by atoms with van der Waals surface area (Å²) < 4.78 is 10.4. The standard InChI is InChI=1S/C16H17N3O3S/c1-10(15(20)19-16-11(9-17)6-7-23-16)18-13-5-4-12(21-2)8-14(13)22-3/h4-8,10,18H,1-3H3,(H,19,20). The minimum absolute atomic E-state index is 0.234. The number of hydrogen-bond acceptors (Lipinski definition) is 6. The second kappa shape index (κ2) is 7.51. The molecule has 1 atom stereocenters. The number of nitrogens with zero attached hydrogens (tertiary/aromatic N) is 1. The lowest BCUT2D eigenvalue weighted by molar-refractivity contribution is -0.116. The first-order chi connectivity index (χ1) is 11.1. The van der Waals surface area contributed by atoms with Gasteiger partial charge in [-0.2, -0.15) is 5.26 Å². The second-order valence-electron chi connectivity index (χ2n) is 4.70. The maximum absolute atomic E-state index is 12.3. The van der Waals surface area contributed by atoms with E-state index in [1.54, 1.807) is 50.8 Å². The number of rotatable bonds is 6. The smallest absolute Gasteiger partial charge is 0.247 e. The van der Waals surface area contributed by atoms with Crippen molar-refractivity contribution in [2.24, 2.45) is 0 Å². The summed E-state index contributed by atoms with van der Waals surface area (Å²) in [5.74, 6) is 1.02. The number of methoxy groups -OCH3 is 2. The Morgan fingerprint density at radius 2 is 2.09 bits per heavy atom. The molecule has 1 amide bonds. The second-order valence-corrected chi connectivity index (χ2v) is 5.61. The molecule has 1 heterocycles. The zero-order valence-electron chi connectivity index (χ0n) is 13.0. The molecule has 0 saturated heterocycles. The van der Waals surface area contributed by atoms with E-state index in [-0.39, 0.29) is 5.91 Å². The van der Waals surface area contributed by atoms with Crippen molar-refractivity contribution >= 4 is 27.9 Å². The van der Waals surface area contributed by atoms with Crippen molar-refractivity contribution in [3.8, 4) is 17.6 Å². The van der Waals surface area contributed by atoms with Gasteiger partial charge in [-0.3, -0.25) is 4.79 Å². The molecule has 0 saturated carbocycles. The molecule has 1 unspecified atom stereocenters. The Kier molecular flexibility index (Phi) is 5.44. The molecular weight excluding hydrogens is 314 g/mol. The summed E-state index contributed by atoms with van der Waals surface area (Å²) in [5.41, 5.74) is 1.14. The number of carbonyl (C=O) groups excluding carboxylic acids is 1. The molecule has 1 aromatic heterocycles. The fourth-order valence-electron chi connectivity index (χ4n) is 1.93. The summed E-state index contributed by atoms with van der Waals surface area (Å²) >= 11 is 1.32. The summed E-state index contributed by atoms with van der Waals surface area (Å²) in [6.07, 6.45) is 0. The first-order valence-electron chi connectivity index (χ1n) is 6.86. The van der Waals surface area contributed by atoms with Crippen LogP contribution in [-0.2, 0) is 4.79 Å². The third-order valence-corrected chi connectivity index (χ3v) is 4.03. The Balaban J connectivity index is 2.08. The Morgan fingerprint density at radius 1 is 1.30 bits per heavy atom. The van der Waals surface area contributed by atoms with Crippen LogP contribution < -0.4 is 20.1 Å². The van der Waals surface area contributed by atoms with Crippen molar-refractivity contribution in [2.75, 3.05) is 24.9 Å².